The van der Waals surface area contributed by atoms with Crippen molar-refractivity contribution < 1.29 is 0 Å². The highest BCUT2D eigenvalue weighted by atomic mass is 32.1. The summed E-state index contributed by atoms with van der Waals surface area (Å²) in [4.78, 5) is 1.000. The van der Waals surface area contributed by atoms with E-state index in [1.54, 1.807) is 0 Å². The molecule has 17 heavy (non-hydrogen) atoms. The lowest BCUT2D eigenvalue weighted by Gasteiger charge is -2.07. The summed E-state index contributed by atoms with van der Waals surface area (Å²) in [5.74, 6) is 0. The number of rotatable bonds is 3. The molecule has 0 aromatic heterocycles. The van der Waals surface area contributed by atoms with Crippen molar-refractivity contribution in [3.05, 3.63) is 52.4 Å². The molecule has 1 rings (SSSR count). The van der Waals surface area contributed by atoms with Crippen LogP contribution in [-0.2, 0) is 6.54 Å². The lowest BCUT2D eigenvalue weighted by Crippen LogP contribution is -1.99. The molecule has 0 aliphatic heterocycles. The summed E-state index contributed by atoms with van der Waals surface area (Å²) in [7, 11) is 0. The maximum atomic E-state index is 5.69. The quantitative estimate of drug-likeness (QED) is 0.602. The Kier molecular flexibility index (Phi) is 8.55. The van der Waals surface area contributed by atoms with E-state index in [0.717, 1.165) is 4.91 Å². The summed E-state index contributed by atoms with van der Waals surface area (Å²) in [5.41, 5.74) is 9.29. The first-order valence-electron chi connectivity index (χ1n) is 5.97. The molecular weight excluding hydrogens is 226 g/mol. The molecule has 1 aromatic rings. The third kappa shape index (κ3) is 5.76. The van der Waals surface area contributed by atoms with Crippen LogP contribution in [0.15, 0.2) is 41.3 Å². The molecule has 0 fully saturated rings. The molecule has 94 valence electrons. The summed E-state index contributed by atoms with van der Waals surface area (Å²) >= 11 is 4.23. The van der Waals surface area contributed by atoms with Gasteiger partial charge in [-0.3, -0.25) is 0 Å². The van der Waals surface area contributed by atoms with Gasteiger partial charge in [-0.2, -0.15) is 0 Å². The molecule has 0 radical (unpaired) electrons. The number of thiol groups is 1. The Labute approximate surface area is 111 Å². The van der Waals surface area contributed by atoms with Crippen molar-refractivity contribution in [2.75, 3.05) is 0 Å². The minimum atomic E-state index is 0.574. The Hall–Kier alpha value is -0.990. The molecule has 0 unspecified atom stereocenters. The van der Waals surface area contributed by atoms with Crippen LogP contribution in [0.25, 0.3) is 5.57 Å². The van der Waals surface area contributed by atoms with Crippen LogP contribution < -0.4 is 5.73 Å². The van der Waals surface area contributed by atoms with Crippen LogP contribution in [0.2, 0.25) is 0 Å². The van der Waals surface area contributed by atoms with E-state index in [-0.39, 0.29) is 0 Å². The van der Waals surface area contributed by atoms with Crippen molar-refractivity contribution in [2.24, 2.45) is 5.73 Å². The van der Waals surface area contributed by atoms with E-state index >= 15 is 0 Å². The summed E-state index contributed by atoms with van der Waals surface area (Å²) in [6.07, 6.45) is 4.06. The van der Waals surface area contributed by atoms with Gasteiger partial charge in [-0.05, 0) is 35.5 Å². The second kappa shape index (κ2) is 9.08. The monoisotopic (exact) mass is 249 g/mol. The first-order chi connectivity index (χ1) is 8.15. The fourth-order valence-electron chi connectivity index (χ4n) is 1.42. The Morgan fingerprint density at radius 2 is 1.76 bits per heavy atom. The number of hydrogen-bond acceptors (Lipinski definition) is 2. The van der Waals surface area contributed by atoms with Gasteiger partial charge in [0.2, 0.25) is 0 Å². The summed E-state index contributed by atoms with van der Waals surface area (Å²) in [6.45, 7) is 8.62. The topological polar surface area (TPSA) is 26.0 Å². The normalized spacial score (nSPS) is 11.9. The van der Waals surface area contributed by atoms with Crippen molar-refractivity contribution in [1.29, 1.82) is 0 Å². The molecule has 0 atom stereocenters. The van der Waals surface area contributed by atoms with Crippen LogP contribution >= 0.6 is 12.6 Å². The Morgan fingerprint density at radius 3 is 2.29 bits per heavy atom. The molecule has 0 heterocycles. The molecule has 0 aliphatic carbocycles. The third-order valence-electron chi connectivity index (χ3n) is 2.24. The van der Waals surface area contributed by atoms with Gasteiger partial charge < -0.3 is 5.73 Å². The molecule has 0 bridgehead atoms. The zero-order chi connectivity index (χ0) is 13.3. The molecule has 0 amide bonds. The minimum absolute atomic E-state index is 0.574. The predicted molar refractivity (Wildman–Crippen MR) is 82.1 cm³/mol. The van der Waals surface area contributed by atoms with Crippen LogP contribution in [0, 0.1) is 0 Å². The number of hydrogen-bond donors (Lipinski definition) is 2. The third-order valence-corrected chi connectivity index (χ3v) is 2.39. The van der Waals surface area contributed by atoms with Crippen LogP contribution in [0.5, 0.6) is 0 Å². The van der Waals surface area contributed by atoms with Gasteiger partial charge >= 0.3 is 0 Å². The molecule has 2 N–H and O–H groups in total. The van der Waals surface area contributed by atoms with Gasteiger partial charge in [-0.1, -0.05) is 50.3 Å². The molecule has 0 saturated carbocycles. The predicted octanol–water partition coefficient (Wildman–Crippen LogP) is 4.41. The SMILES string of the molecule is C/C(S)=C\C=C(/C)c1ccccc1CN.CC. The van der Waals surface area contributed by atoms with Gasteiger partial charge in [0, 0.05) is 6.54 Å². The zero-order valence-corrected chi connectivity index (χ0v) is 12.1. The van der Waals surface area contributed by atoms with Gasteiger partial charge in [0.1, 0.15) is 0 Å². The van der Waals surface area contributed by atoms with E-state index in [4.69, 9.17) is 5.73 Å². The first kappa shape index (κ1) is 16.0. The summed E-state index contributed by atoms with van der Waals surface area (Å²) < 4.78 is 0. The van der Waals surface area contributed by atoms with Crippen molar-refractivity contribution >= 4 is 18.2 Å². The van der Waals surface area contributed by atoms with E-state index in [1.807, 2.05) is 39.0 Å². The smallest absolute Gasteiger partial charge is 0.0184 e. The van der Waals surface area contributed by atoms with Gasteiger partial charge in [-0.15, -0.1) is 12.6 Å². The second-order valence-electron chi connectivity index (χ2n) is 3.52. The maximum absolute atomic E-state index is 5.69. The van der Waals surface area contributed by atoms with Crippen LogP contribution in [-0.4, -0.2) is 0 Å². The molecule has 0 aliphatic rings. The fourth-order valence-corrected chi connectivity index (χ4v) is 1.49. The number of nitrogens with two attached hydrogens (primary N) is 1. The van der Waals surface area contributed by atoms with Crippen molar-refractivity contribution in [1.82, 2.24) is 0 Å². The number of benzene rings is 1. The van der Waals surface area contributed by atoms with Gasteiger partial charge in [0.05, 0.1) is 0 Å². The highest BCUT2D eigenvalue weighted by Crippen LogP contribution is 2.18. The van der Waals surface area contributed by atoms with E-state index in [0.29, 0.717) is 6.54 Å². The summed E-state index contributed by atoms with van der Waals surface area (Å²) in [6, 6.07) is 8.20. The van der Waals surface area contributed by atoms with Gasteiger partial charge in [0.25, 0.3) is 0 Å². The van der Waals surface area contributed by atoms with Crippen molar-refractivity contribution in [2.45, 2.75) is 34.2 Å². The lowest BCUT2D eigenvalue weighted by atomic mass is 10.0. The summed E-state index contributed by atoms with van der Waals surface area (Å²) in [5, 5.41) is 0. The molecular formula is C15H23NS. The van der Waals surface area contributed by atoms with E-state index in [1.165, 1.54) is 16.7 Å². The van der Waals surface area contributed by atoms with E-state index < -0.39 is 0 Å². The Balaban J connectivity index is 0.00000121. The number of allylic oxidation sites excluding steroid dienone is 4. The average Bonchev–Trinajstić information content (AvgIpc) is 2.38. The van der Waals surface area contributed by atoms with Crippen LogP contribution in [0.4, 0.5) is 0 Å². The largest absolute Gasteiger partial charge is 0.326 e. The molecule has 1 nitrogen and oxygen atoms in total. The Morgan fingerprint density at radius 1 is 1.18 bits per heavy atom. The van der Waals surface area contributed by atoms with Crippen LogP contribution in [0.1, 0.15) is 38.8 Å². The lowest BCUT2D eigenvalue weighted by molar-refractivity contribution is 1.06. The van der Waals surface area contributed by atoms with Crippen molar-refractivity contribution in [3.63, 3.8) is 0 Å². The first-order valence-corrected chi connectivity index (χ1v) is 6.42. The molecule has 0 spiro atoms. The average molecular weight is 249 g/mol. The van der Waals surface area contributed by atoms with Gasteiger partial charge in [0.15, 0.2) is 0 Å². The van der Waals surface area contributed by atoms with Crippen LogP contribution in [0.3, 0.4) is 0 Å². The fraction of sp³-hybridized carbons (Fsp3) is 0.333. The molecule has 0 saturated heterocycles. The van der Waals surface area contributed by atoms with Gasteiger partial charge in [-0.25, -0.2) is 0 Å². The standard InChI is InChI=1S/C13H17NS.C2H6/c1-10(7-8-11(2)15)13-6-4-3-5-12(13)9-14;1-2/h3-8,15H,9,14H2,1-2H3;1-2H3/b10-7+,11-8+;. The molecule has 2 heteroatoms. The second-order valence-corrected chi connectivity index (χ2v) is 4.22. The maximum Gasteiger partial charge on any atom is 0.0184 e. The highest BCUT2D eigenvalue weighted by molar-refractivity contribution is 7.84. The van der Waals surface area contributed by atoms with E-state index in [9.17, 15) is 0 Å². The minimum Gasteiger partial charge on any atom is -0.326 e. The van der Waals surface area contributed by atoms with E-state index in [2.05, 4.69) is 37.8 Å². The molecule has 1 aromatic carbocycles. The van der Waals surface area contributed by atoms with Crippen molar-refractivity contribution in [3.8, 4) is 0 Å². The zero-order valence-electron chi connectivity index (χ0n) is 11.2. The Bertz CT molecular complexity index is 388. The highest BCUT2D eigenvalue weighted by Gasteiger charge is 2.00.